The summed E-state index contributed by atoms with van der Waals surface area (Å²) in [5.74, 6) is 0.830. The van der Waals surface area contributed by atoms with Crippen LogP contribution in [0.2, 0.25) is 0 Å². The first-order valence-corrected chi connectivity index (χ1v) is 8.94. The Balaban J connectivity index is 1.64. The second kappa shape index (κ2) is 8.28. The van der Waals surface area contributed by atoms with Crippen molar-refractivity contribution < 1.29 is 9.90 Å². The number of hydrogen-bond donors (Lipinski definition) is 2. The maximum absolute atomic E-state index is 12.4. The minimum atomic E-state index is -0.0893. The molecule has 1 saturated heterocycles. The average Bonchev–Trinajstić information content (AvgIpc) is 2.64. The van der Waals surface area contributed by atoms with Crippen LogP contribution < -0.4 is 5.32 Å². The van der Waals surface area contributed by atoms with Crippen LogP contribution in [-0.2, 0) is 6.54 Å². The van der Waals surface area contributed by atoms with E-state index in [2.05, 4.69) is 23.2 Å². The highest BCUT2D eigenvalue weighted by molar-refractivity contribution is 6.04. The third-order valence-corrected chi connectivity index (χ3v) is 5.06. The Kier molecular flexibility index (Phi) is 5.84. The molecule has 0 bridgehead atoms. The Morgan fingerprint density at radius 1 is 1.20 bits per heavy atom. The van der Waals surface area contributed by atoms with E-state index in [0.29, 0.717) is 17.4 Å². The Morgan fingerprint density at radius 3 is 2.76 bits per heavy atom. The van der Waals surface area contributed by atoms with Crippen LogP contribution >= 0.6 is 0 Å². The SMILES string of the molecule is CC1CCN(Cc2cccc(C(=O)Nc3ccccc3)c2)CC1CO. The van der Waals surface area contributed by atoms with Gasteiger partial charge in [0, 0.05) is 30.9 Å². The number of benzene rings is 2. The van der Waals surface area contributed by atoms with Crippen LogP contribution in [0.4, 0.5) is 5.69 Å². The number of nitrogens with one attached hydrogen (secondary N) is 1. The van der Waals surface area contributed by atoms with Crippen molar-refractivity contribution in [3.63, 3.8) is 0 Å². The van der Waals surface area contributed by atoms with Gasteiger partial charge >= 0.3 is 0 Å². The van der Waals surface area contributed by atoms with Crippen molar-refractivity contribution in [2.75, 3.05) is 25.0 Å². The largest absolute Gasteiger partial charge is 0.396 e. The number of aliphatic hydroxyl groups excluding tert-OH is 1. The maximum atomic E-state index is 12.4. The normalized spacial score (nSPS) is 21.0. The molecule has 0 aromatic heterocycles. The van der Waals surface area contributed by atoms with Gasteiger partial charge in [0.25, 0.3) is 5.91 Å². The molecule has 1 heterocycles. The average molecular weight is 338 g/mol. The first-order chi connectivity index (χ1) is 12.2. The van der Waals surface area contributed by atoms with Crippen molar-refractivity contribution in [2.45, 2.75) is 19.9 Å². The lowest BCUT2D eigenvalue weighted by atomic mass is 9.87. The van der Waals surface area contributed by atoms with E-state index in [9.17, 15) is 9.90 Å². The van der Waals surface area contributed by atoms with E-state index < -0.39 is 0 Å². The summed E-state index contributed by atoms with van der Waals surface area (Å²) in [6.07, 6.45) is 1.11. The summed E-state index contributed by atoms with van der Waals surface area (Å²) in [4.78, 5) is 14.8. The van der Waals surface area contributed by atoms with E-state index in [1.165, 1.54) is 0 Å². The summed E-state index contributed by atoms with van der Waals surface area (Å²) < 4.78 is 0. The van der Waals surface area contributed by atoms with Gasteiger partial charge in [0.1, 0.15) is 0 Å². The lowest BCUT2D eigenvalue weighted by Crippen LogP contribution is -2.40. The van der Waals surface area contributed by atoms with E-state index in [1.54, 1.807) is 0 Å². The van der Waals surface area contributed by atoms with Gasteiger partial charge in [0.2, 0.25) is 0 Å². The van der Waals surface area contributed by atoms with Crippen LogP contribution in [0.15, 0.2) is 54.6 Å². The molecule has 3 rings (SSSR count). The highest BCUT2D eigenvalue weighted by atomic mass is 16.3. The Hall–Kier alpha value is -2.17. The lowest BCUT2D eigenvalue weighted by molar-refractivity contribution is 0.0758. The standard InChI is InChI=1S/C21H26N2O2/c1-16-10-11-23(14-19(16)15-24)13-17-6-5-7-18(12-17)21(25)22-20-8-3-2-4-9-20/h2-9,12,16,19,24H,10-11,13-15H2,1H3,(H,22,25). The molecule has 1 amide bonds. The van der Waals surface area contributed by atoms with Gasteiger partial charge < -0.3 is 10.4 Å². The van der Waals surface area contributed by atoms with Gasteiger partial charge in [-0.3, -0.25) is 9.69 Å². The van der Waals surface area contributed by atoms with Gasteiger partial charge in [-0.05, 0) is 54.6 Å². The molecule has 4 nitrogen and oxygen atoms in total. The minimum absolute atomic E-state index is 0.0893. The third-order valence-electron chi connectivity index (χ3n) is 5.06. The number of nitrogens with zero attached hydrogens (tertiary/aromatic N) is 1. The smallest absolute Gasteiger partial charge is 0.255 e. The molecule has 2 unspecified atom stereocenters. The summed E-state index contributed by atoms with van der Waals surface area (Å²) in [5, 5.41) is 12.4. The van der Waals surface area contributed by atoms with Crippen LogP contribution in [-0.4, -0.2) is 35.6 Å². The minimum Gasteiger partial charge on any atom is -0.396 e. The summed E-state index contributed by atoms with van der Waals surface area (Å²) in [7, 11) is 0. The number of rotatable bonds is 5. The van der Waals surface area contributed by atoms with E-state index in [4.69, 9.17) is 0 Å². The Morgan fingerprint density at radius 2 is 2.00 bits per heavy atom. The molecular formula is C21H26N2O2. The predicted octanol–water partition coefficient (Wildman–Crippen LogP) is 3.39. The quantitative estimate of drug-likeness (QED) is 0.879. The molecule has 132 valence electrons. The molecule has 1 fully saturated rings. The number of piperidine rings is 1. The van der Waals surface area contributed by atoms with Crippen molar-refractivity contribution in [1.82, 2.24) is 4.90 Å². The van der Waals surface area contributed by atoms with Gasteiger partial charge in [-0.1, -0.05) is 37.3 Å². The molecule has 4 heteroatoms. The number of amides is 1. The van der Waals surface area contributed by atoms with Crippen molar-refractivity contribution in [3.05, 3.63) is 65.7 Å². The summed E-state index contributed by atoms with van der Waals surface area (Å²) in [5.41, 5.74) is 2.60. The zero-order chi connectivity index (χ0) is 17.6. The fourth-order valence-electron chi connectivity index (χ4n) is 3.40. The lowest BCUT2D eigenvalue weighted by Gasteiger charge is -2.36. The zero-order valence-corrected chi connectivity index (χ0v) is 14.7. The van der Waals surface area contributed by atoms with Gasteiger partial charge in [0.05, 0.1) is 0 Å². The van der Waals surface area contributed by atoms with Crippen molar-refractivity contribution in [3.8, 4) is 0 Å². The summed E-state index contributed by atoms with van der Waals surface area (Å²) in [6, 6.07) is 17.3. The number of para-hydroxylation sites is 1. The molecule has 0 radical (unpaired) electrons. The van der Waals surface area contributed by atoms with E-state index in [1.807, 2.05) is 48.5 Å². The molecule has 2 aromatic rings. The van der Waals surface area contributed by atoms with Crippen LogP contribution in [0.3, 0.4) is 0 Å². The Labute approximate surface area is 149 Å². The zero-order valence-electron chi connectivity index (χ0n) is 14.7. The van der Waals surface area contributed by atoms with Gasteiger partial charge in [-0.25, -0.2) is 0 Å². The second-order valence-electron chi connectivity index (χ2n) is 6.96. The summed E-state index contributed by atoms with van der Waals surface area (Å²) in [6.45, 7) is 5.23. The van der Waals surface area contributed by atoms with Crippen molar-refractivity contribution in [1.29, 1.82) is 0 Å². The van der Waals surface area contributed by atoms with Crippen LogP contribution in [0.1, 0.15) is 29.3 Å². The third kappa shape index (κ3) is 4.68. The van der Waals surface area contributed by atoms with Crippen LogP contribution in [0.5, 0.6) is 0 Å². The second-order valence-corrected chi connectivity index (χ2v) is 6.96. The molecule has 25 heavy (non-hydrogen) atoms. The number of likely N-dealkylation sites (tertiary alicyclic amines) is 1. The van der Waals surface area contributed by atoms with E-state index in [-0.39, 0.29) is 12.5 Å². The summed E-state index contributed by atoms with van der Waals surface area (Å²) >= 11 is 0. The number of hydrogen-bond acceptors (Lipinski definition) is 3. The fraction of sp³-hybridized carbons (Fsp3) is 0.381. The number of aliphatic hydroxyl groups is 1. The van der Waals surface area contributed by atoms with Gasteiger partial charge in [0.15, 0.2) is 0 Å². The van der Waals surface area contributed by atoms with Gasteiger partial charge in [-0.15, -0.1) is 0 Å². The Bertz CT molecular complexity index is 702. The molecule has 0 spiro atoms. The first-order valence-electron chi connectivity index (χ1n) is 8.94. The number of carbonyl (C=O) groups excluding carboxylic acids is 1. The molecule has 2 N–H and O–H groups in total. The number of anilines is 1. The van der Waals surface area contributed by atoms with Crippen molar-refractivity contribution in [2.24, 2.45) is 11.8 Å². The molecular weight excluding hydrogens is 312 g/mol. The van der Waals surface area contributed by atoms with Crippen LogP contribution in [0, 0.1) is 11.8 Å². The maximum Gasteiger partial charge on any atom is 0.255 e. The van der Waals surface area contributed by atoms with E-state index in [0.717, 1.165) is 37.3 Å². The topological polar surface area (TPSA) is 52.6 Å². The van der Waals surface area contributed by atoms with Crippen LogP contribution in [0.25, 0.3) is 0 Å². The first kappa shape index (κ1) is 17.6. The predicted molar refractivity (Wildman–Crippen MR) is 100 cm³/mol. The monoisotopic (exact) mass is 338 g/mol. The molecule has 2 atom stereocenters. The molecule has 2 aromatic carbocycles. The highest BCUT2D eigenvalue weighted by Gasteiger charge is 2.25. The van der Waals surface area contributed by atoms with Crippen molar-refractivity contribution >= 4 is 11.6 Å². The fourth-order valence-corrected chi connectivity index (χ4v) is 3.40. The molecule has 1 aliphatic rings. The number of carbonyl (C=O) groups is 1. The van der Waals surface area contributed by atoms with E-state index >= 15 is 0 Å². The highest BCUT2D eigenvalue weighted by Crippen LogP contribution is 2.24. The van der Waals surface area contributed by atoms with Gasteiger partial charge in [-0.2, -0.15) is 0 Å². The molecule has 1 aliphatic heterocycles. The molecule has 0 saturated carbocycles. The molecule has 0 aliphatic carbocycles.